The molecule has 0 bridgehead atoms. The van der Waals surface area contributed by atoms with Gasteiger partial charge in [0.05, 0.1) is 18.8 Å². The van der Waals surface area contributed by atoms with E-state index in [1.807, 2.05) is 60.7 Å². The molecule has 1 N–H and O–H groups in total. The van der Waals surface area contributed by atoms with E-state index in [4.69, 9.17) is 16.3 Å². The van der Waals surface area contributed by atoms with Gasteiger partial charge in [-0.25, -0.2) is 0 Å². The Bertz CT molecular complexity index is 1060. The van der Waals surface area contributed by atoms with Crippen molar-refractivity contribution in [3.8, 4) is 0 Å². The second kappa shape index (κ2) is 8.01. The Hall–Kier alpha value is -3.02. The van der Waals surface area contributed by atoms with Gasteiger partial charge in [0.2, 0.25) is 0 Å². The summed E-state index contributed by atoms with van der Waals surface area (Å²) >= 11 is 6.25. The number of anilines is 3. The number of halogens is 1. The van der Waals surface area contributed by atoms with Crippen LogP contribution in [-0.2, 0) is 4.74 Å². The molecule has 0 aromatic heterocycles. The zero-order valence-corrected chi connectivity index (χ0v) is 17.2. The van der Waals surface area contributed by atoms with Crippen LogP contribution < -0.4 is 15.1 Å². The maximum atomic E-state index is 13.5. The molecule has 0 spiro atoms. The van der Waals surface area contributed by atoms with Crippen LogP contribution in [0.2, 0.25) is 5.02 Å². The topological polar surface area (TPSA) is 44.8 Å². The summed E-state index contributed by atoms with van der Waals surface area (Å²) < 4.78 is 5.45. The molecule has 0 aliphatic carbocycles. The van der Waals surface area contributed by atoms with Crippen molar-refractivity contribution in [2.45, 2.75) is 6.17 Å². The monoisotopic (exact) mass is 419 g/mol. The molecule has 3 aromatic rings. The number of carbonyl (C=O) groups is 1. The van der Waals surface area contributed by atoms with Gasteiger partial charge in [-0.2, -0.15) is 0 Å². The van der Waals surface area contributed by atoms with Crippen molar-refractivity contribution in [2.75, 3.05) is 41.4 Å². The molecule has 2 aliphatic rings. The molecule has 6 heteroatoms. The van der Waals surface area contributed by atoms with Crippen molar-refractivity contribution in [3.63, 3.8) is 0 Å². The van der Waals surface area contributed by atoms with Crippen molar-refractivity contribution in [3.05, 3.63) is 88.9 Å². The van der Waals surface area contributed by atoms with E-state index in [1.54, 1.807) is 4.90 Å². The van der Waals surface area contributed by atoms with E-state index >= 15 is 0 Å². The fraction of sp³-hybridized carbons (Fsp3) is 0.208. The molecule has 1 saturated heterocycles. The minimum atomic E-state index is -0.347. The van der Waals surface area contributed by atoms with Crippen molar-refractivity contribution in [2.24, 2.45) is 0 Å². The van der Waals surface area contributed by atoms with E-state index < -0.39 is 0 Å². The fourth-order valence-corrected chi connectivity index (χ4v) is 4.27. The summed E-state index contributed by atoms with van der Waals surface area (Å²) in [6.07, 6.45) is -0.347. The maximum absolute atomic E-state index is 13.5. The summed E-state index contributed by atoms with van der Waals surface area (Å²) in [5.74, 6) is -0.0338. The normalized spacial score (nSPS) is 18.7. The van der Waals surface area contributed by atoms with Gasteiger partial charge in [-0.3, -0.25) is 9.69 Å². The highest BCUT2D eigenvalue weighted by molar-refractivity contribution is 6.30. The summed E-state index contributed by atoms with van der Waals surface area (Å²) in [5, 5.41) is 4.16. The average Bonchev–Trinajstić information content (AvgIpc) is 2.80. The number of para-hydroxylation sites is 1. The molecule has 3 aromatic carbocycles. The van der Waals surface area contributed by atoms with Gasteiger partial charge >= 0.3 is 0 Å². The van der Waals surface area contributed by atoms with Crippen LogP contribution in [0.3, 0.4) is 0 Å². The van der Waals surface area contributed by atoms with E-state index in [0.29, 0.717) is 10.6 Å². The molecule has 1 unspecified atom stereocenters. The Balaban J connectivity index is 1.54. The molecule has 1 amide bonds. The maximum Gasteiger partial charge on any atom is 0.262 e. The molecular formula is C24H22ClN3O2. The highest BCUT2D eigenvalue weighted by atomic mass is 35.5. The van der Waals surface area contributed by atoms with Crippen molar-refractivity contribution < 1.29 is 9.53 Å². The Morgan fingerprint density at radius 1 is 0.900 bits per heavy atom. The standard InChI is InChI=1S/C24H22ClN3O2/c25-18-5-3-4-17(16-18)23-26-22-7-2-1-6-21(22)24(29)28(23)20-10-8-19(9-11-20)27-12-14-30-15-13-27/h1-11,16,23,26H,12-15H2. The van der Waals surface area contributed by atoms with Crippen LogP contribution in [-0.4, -0.2) is 32.2 Å². The van der Waals surface area contributed by atoms with Crippen LogP contribution in [0, 0.1) is 0 Å². The lowest BCUT2D eigenvalue weighted by Crippen LogP contribution is -2.43. The number of nitrogens with zero attached hydrogens (tertiary/aromatic N) is 2. The van der Waals surface area contributed by atoms with Crippen molar-refractivity contribution >= 4 is 34.6 Å². The number of hydrogen-bond donors (Lipinski definition) is 1. The van der Waals surface area contributed by atoms with Crippen LogP contribution in [0.25, 0.3) is 0 Å². The number of fused-ring (bicyclic) bond motifs is 1. The molecule has 0 saturated carbocycles. The first-order valence-corrected chi connectivity index (χ1v) is 10.5. The molecule has 1 atom stereocenters. The SMILES string of the molecule is O=C1c2ccccc2NC(c2cccc(Cl)c2)N1c1ccc(N2CCOCC2)cc1. The number of nitrogens with one attached hydrogen (secondary N) is 1. The second-order valence-electron chi connectivity index (χ2n) is 7.44. The summed E-state index contributed by atoms with van der Waals surface area (Å²) in [4.78, 5) is 17.6. The Morgan fingerprint density at radius 3 is 2.40 bits per heavy atom. The highest BCUT2D eigenvalue weighted by Crippen LogP contribution is 2.37. The van der Waals surface area contributed by atoms with Crippen LogP contribution >= 0.6 is 11.6 Å². The zero-order chi connectivity index (χ0) is 20.5. The largest absolute Gasteiger partial charge is 0.378 e. The van der Waals surface area contributed by atoms with Crippen LogP contribution in [0.5, 0.6) is 0 Å². The van der Waals surface area contributed by atoms with Crippen molar-refractivity contribution in [1.29, 1.82) is 0 Å². The summed E-state index contributed by atoms with van der Waals surface area (Å²) in [5.41, 5.74) is 4.40. The Kier molecular flexibility index (Phi) is 5.07. The van der Waals surface area contributed by atoms with Crippen LogP contribution in [0.15, 0.2) is 72.8 Å². The smallest absolute Gasteiger partial charge is 0.262 e. The molecule has 5 rings (SSSR count). The fourth-order valence-electron chi connectivity index (χ4n) is 4.08. The molecule has 1 fully saturated rings. The first-order valence-electron chi connectivity index (χ1n) is 10.1. The van der Waals surface area contributed by atoms with Gasteiger partial charge in [-0.05, 0) is 54.1 Å². The molecule has 2 aliphatic heterocycles. The number of ether oxygens (including phenoxy) is 1. The minimum Gasteiger partial charge on any atom is -0.378 e. The lowest BCUT2D eigenvalue weighted by molar-refractivity contribution is 0.0975. The van der Waals surface area contributed by atoms with E-state index in [1.165, 1.54) is 0 Å². The number of carbonyl (C=O) groups excluding carboxylic acids is 1. The molecular weight excluding hydrogens is 398 g/mol. The van der Waals surface area contributed by atoms with E-state index in [0.717, 1.165) is 48.9 Å². The van der Waals surface area contributed by atoms with E-state index in [-0.39, 0.29) is 12.1 Å². The second-order valence-corrected chi connectivity index (χ2v) is 7.87. The first-order chi connectivity index (χ1) is 14.7. The number of rotatable bonds is 3. The molecule has 5 nitrogen and oxygen atoms in total. The molecule has 152 valence electrons. The lowest BCUT2D eigenvalue weighted by Gasteiger charge is -2.38. The average molecular weight is 420 g/mol. The number of benzene rings is 3. The quantitative estimate of drug-likeness (QED) is 0.652. The lowest BCUT2D eigenvalue weighted by atomic mass is 10.0. The molecule has 0 radical (unpaired) electrons. The third-order valence-electron chi connectivity index (χ3n) is 5.60. The predicted octanol–water partition coefficient (Wildman–Crippen LogP) is 4.95. The predicted molar refractivity (Wildman–Crippen MR) is 121 cm³/mol. The van der Waals surface area contributed by atoms with Crippen LogP contribution in [0.4, 0.5) is 17.1 Å². The van der Waals surface area contributed by atoms with Crippen molar-refractivity contribution in [1.82, 2.24) is 0 Å². The zero-order valence-electron chi connectivity index (χ0n) is 16.4. The van der Waals surface area contributed by atoms with Gasteiger partial charge in [0.15, 0.2) is 0 Å². The Morgan fingerprint density at radius 2 is 1.63 bits per heavy atom. The highest BCUT2D eigenvalue weighted by Gasteiger charge is 2.34. The van der Waals surface area contributed by atoms with Gasteiger partial charge < -0.3 is 15.0 Å². The minimum absolute atomic E-state index is 0.0338. The summed E-state index contributed by atoms with van der Waals surface area (Å²) in [6.45, 7) is 3.23. The summed E-state index contributed by atoms with van der Waals surface area (Å²) in [7, 11) is 0. The number of amides is 1. The van der Waals surface area contributed by atoms with Gasteiger partial charge in [0.1, 0.15) is 6.17 Å². The van der Waals surface area contributed by atoms with E-state index in [9.17, 15) is 4.79 Å². The van der Waals surface area contributed by atoms with E-state index in [2.05, 4.69) is 22.3 Å². The molecule has 2 heterocycles. The van der Waals surface area contributed by atoms with Crippen LogP contribution in [0.1, 0.15) is 22.1 Å². The van der Waals surface area contributed by atoms with Gasteiger partial charge in [-0.15, -0.1) is 0 Å². The summed E-state index contributed by atoms with van der Waals surface area (Å²) in [6, 6.07) is 23.4. The van der Waals surface area contributed by atoms with Gasteiger partial charge in [-0.1, -0.05) is 35.9 Å². The van der Waals surface area contributed by atoms with Gasteiger partial charge in [0.25, 0.3) is 5.91 Å². The Labute approximate surface area is 180 Å². The van der Waals surface area contributed by atoms with Gasteiger partial charge in [0, 0.05) is 35.2 Å². The number of hydrogen-bond acceptors (Lipinski definition) is 4. The first kappa shape index (κ1) is 19.0. The third kappa shape index (κ3) is 3.51. The number of morpholine rings is 1. The molecule has 30 heavy (non-hydrogen) atoms. The third-order valence-corrected chi connectivity index (χ3v) is 5.83.